The van der Waals surface area contributed by atoms with Crippen molar-refractivity contribution in [3.05, 3.63) is 58.6 Å². The maximum Gasteiger partial charge on any atom is 0.410 e. The Bertz CT molecular complexity index is 825. The third-order valence-corrected chi connectivity index (χ3v) is 5.26. The van der Waals surface area contributed by atoms with Gasteiger partial charge in [-0.15, -0.1) is 0 Å². The number of nitrogens with one attached hydrogen (secondary N) is 1. The molecule has 2 unspecified atom stereocenters. The Morgan fingerprint density at radius 1 is 1.14 bits per heavy atom. The molecule has 0 fully saturated rings. The van der Waals surface area contributed by atoms with Crippen LogP contribution in [0.15, 0.2) is 42.5 Å². The zero-order valence-electron chi connectivity index (χ0n) is 16.6. The van der Waals surface area contributed by atoms with E-state index in [-0.39, 0.29) is 24.7 Å². The van der Waals surface area contributed by atoms with Crippen LogP contribution in [0.5, 0.6) is 11.5 Å². The monoisotopic (exact) mass is 402 g/mol. The number of nitrogens with zero attached hydrogens (tertiary/aromatic N) is 1. The van der Waals surface area contributed by atoms with Crippen LogP contribution >= 0.6 is 11.6 Å². The molecule has 1 N–H and O–H groups in total. The molecule has 0 saturated carbocycles. The van der Waals surface area contributed by atoms with Gasteiger partial charge in [0.25, 0.3) is 0 Å². The number of fused-ring (bicyclic) bond motifs is 2. The summed E-state index contributed by atoms with van der Waals surface area (Å²) in [6.45, 7) is 3.00. The van der Waals surface area contributed by atoms with E-state index in [0.717, 1.165) is 29.9 Å². The average molecular weight is 403 g/mol. The number of para-hydroxylation sites is 1. The molecule has 3 rings (SSSR count). The van der Waals surface area contributed by atoms with Crippen molar-refractivity contribution in [2.45, 2.75) is 31.6 Å². The third kappa shape index (κ3) is 4.59. The van der Waals surface area contributed by atoms with Gasteiger partial charge in [-0.1, -0.05) is 43.1 Å². The number of carbonyl (C=O) groups is 1. The maximum atomic E-state index is 11.6. The van der Waals surface area contributed by atoms with E-state index in [9.17, 15) is 4.79 Å². The molecule has 0 spiro atoms. The molecular weight excluding hydrogens is 376 g/mol. The summed E-state index contributed by atoms with van der Waals surface area (Å²) in [5, 5.41) is 3.97. The highest BCUT2D eigenvalue weighted by atomic mass is 35.5. The number of hydrogen-bond acceptors (Lipinski definition) is 4. The van der Waals surface area contributed by atoms with E-state index in [1.165, 1.54) is 10.5 Å². The zero-order chi connectivity index (χ0) is 20.1. The molecule has 2 atom stereocenters. The van der Waals surface area contributed by atoms with Crippen LogP contribution in [0, 0.1) is 0 Å². The maximum absolute atomic E-state index is 11.6. The van der Waals surface area contributed by atoms with E-state index >= 15 is 0 Å². The molecule has 150 valence electrons. The lowest BCUT2D eigenvalue weighted by Crippen LogP contribution is -2.31. The van der Waals surface area contributed by atoms with Crippen LogP contribution in [0.25, 0.3) is 0 Å². The first-order valence-electron chi connectivity index (χ1n) is 9.62. The van der Waals surface area contributed by atoms with E-state index in [0.29, 0.717) is 11.6 Å². The van der Waals surface area contributed by atoms with Gasteiger partial charge in [0.15, 0.2) is 0 Å². The van der Waals surface area contributed by atoms with Gasteiger partial charge < -0.3 is 14.4 Å². The molecule has 28 heavy (non-hydrogen) atoms. The van der Waals surface area contributed by atoms with Crippen LogP contribution < -0.4 is 10.1 Å². The first kappa shape index (κ1) is 20.5. The lowest BCUT2D eigenvalue weighted by Gasteiger charge is -2.27. The summed E-state index contributed by atoms with van der Waals surface area (Å²) in [5.41, 5.74) is 2.28. The topological polar surface area (TPSA) is 50.8 Å². The Hall–Kier alpha value is -2.24. The van der Waals surface area contributed by atoms with E-state index in [1.807, 2.05) is 30.3 Å². The Morgan fingerprint density at radius 2 is 1.89 bits per heavy atom. The van der Waals surface area contributed by atoms with Crippen LogP contribution in [0.4, 0.5) is 4.79 Å². The number of halogens is 1. The average Bonchev–Trinajstić information content (AvgIpc) is 2.80. The van der Waals surface area contributed by atoms with Crippen molar-refractivity contribution < 1.29 is 14.3 Å². The summed E-state index contributed by atoms with van der Waals surface area (Å²) < 4.78 is 11.5. The minimum atomic E-state index is -0.365. The first-order valence-corrected chi connectivity index (χ1v) is 10.00. The fraction of sp³-hybridized carbons (Fsp3) is 0.409. The molecule has 6 heteroatoms. The smallest absolute Gasteiger partial charge is 0.410 e. The molecule has 5 nitrogen and oxygen atoms in total. The summed E-state index contributed by atoms with van der Waals surface area (Å²) in [5.74, 6) is 2.15. The van der Waals surface area contributed by atoms with Crippen molar-refractivity contribution >= 4 is 17.7 Å². The lowest BCUT2D eigenvalue weighted by molar-refractivity contribution is 0.109. The summed E-state index contributed by atoms with van der Waals surface area (Å²) in [6.07, 6.45) is 1.72. The Kier molecular flexibility index (Phi) is 6.81. The number of ether oxygens (including phenoxy) is 2. The molecule has 0 saturated heterocycles. The van der Waals surface area contributed by atoms with Gasteiger partial charge in [-0.2, -0.15) is 0 Å². The summed E-state index contributed by atoms with van der Waals surface area (Å²) in [4.78, 5) is 13.1. The second kappa shape index (κ2) is 9.30. The molecule has 1 aliphatic heterocycles. The number of rotatable bonds is 6. The van der Waals surface area contributed by atoms with Gasteiger partial charge in [0.1, 0.15) is 18.2 Å². The zero-order valence-corrected chi connectivity index (χ0v) is 17.3. The van der Waals surface area contributed by atoms with E-state index in [4.69, 9.17) is 21.1 Å². The molecule has 1 aliphatic rings. The first-order chi connectivity index (χ1) is 13.5. The van der Waals surface area contributed by atoms with Gasteiger partial charge in [-0.25, -0.2) is 4.79 Å². The number of hydrogen-bond donors (Lipinski definition) is 1. The van der Waals surface area contributed by atoms with Gasteiger partial charge in [-0.3, -0.25) is 5.32 Å². The molecule has 1 heterocycles. The van der Waals surface area contributed by atoms with Crippen LogP contribution in [-0.2, 0) is 4.74 Å². The quantitative estimate of drug-likeness (QED) is 0.522. The summed E-state index contributed by atoms with van der Waals surface area (Å²) in [6, 6.07) is 14.0. The van der Waals surface area contributed by atoms with Gasteiger partial charge in [0.2, 0.25) is 0 Å². The van der Waals surface area contributed by atoms with Crippen molar-refractivity contribution in [1.82, 2.24) is 10.2 Å². The SMILES string of the molecule is CCCC1c2ccccc2Oc2ccc(Cl)cc2C1CNCOC(=O)N(C)C. The predicted octanol–water partition coefficient (Wildman–Crippen LogP) is 5.36. The van der Waals surface area contributed by atoms with E-state index in [1.54, 1.807) is 14.1 Å². The van der Waals surface area contributed by atoms with Crippen molar-refractivity contribution in [2.24, 2.45) is 0 Å². The molecule has 0 radical (unpaired) electrons. The van der Waals surface area contributed by atoms with Crippen molar-refractivity contribution in [3.63, 3.8) is 0 Å². The molecule has 0 bridgehead atoms. The molecule has 0 aliphatic carbocycles. The Labute approximate surface area is 171 Å². The van der Waals surface area contributed by atoms with Gasteiger partial charge in [0.05, 0.1) is 0 Å². The standard InChI is InChI=1S/C22H27ClN2O3/c1-4-7-16-17-8-5-6-9-20(17)28-21-11-10-15(23)12-18(21)19(16)13-24-14-27-22(26)25(2)3/h5-6,8-12,16,19,24H,4,7,13-14H2,1-3H3. The molecule has 0 aromatic heterocycles. The van der Waals surface area contributed by atoms with Crippen LogP contribution in [0.3, 0.4) is 0 Å². The van der Waals surface area contributed by atoms with Gasteiger partial charge in [0, 0.05) is 37.1 Å². The minimum Gasteiger partial charge on any atom is -0.457 e. The normalized spacial score (nSPS) is 17.7. The van der Waals surface area contributed by atoms with E-state index in [2.05, 4.69) is 24.4 Å². The Balaban J connectivity index is 1.89. The summed E-state index contributed by atoms with van der Waals surface area (Å²) in [7, 11) is 3.33. The van der Waals surface area contributed by atoms with Crippen LogP contribution in [0.2, 0.25) is 5.02 Å². The third-order valence-electron chi connectivity index (χ3n) is 5.02. The fourth-order valence-corrected chi connectivity index (χ4v) is 3.89. The summed E-state index contributed by atoms with van der Waals surface area (Å²) >= 11 is 6.32. The highest BCUT2D eigenvalue weighted by Gasteiger charge is 2.32. The lowest BCUT2D eigenvalue weighted by atomic mass is 9.79. The van der Waals surface area contributed by atoms with Crippen molar-refractivity contribution in [1.29, 1.82) is 0 Å². The fourth-order valence-electron chi connectivity index (χ4n) is 3.71. The number of amides is 1. The minimum absolute atomic E-state index is 0.148. The number of carbonyl (C=O) groups excluding carboxylic acids is 1. The molecule has 2 aromatic carbocycles. The largest absolute Gasteiger partial charge is 0.457 e. The highest BCUT2D eigenvalue weighted by Crippen LogP contribution is 2.48. The second-order valence-electron chi connectivity index (χ2n) is 7.23. The highest BCUT2D eigenvalue weighted by molar-refractivity contribution is 6.30. The van der Waals surface area contributed by atoms with Crippen LogP contribution in [0.1, 0.15) is 42.7 Å². The van der Waals surface area contributed by atoms with E-state index < -0.39 is 0 Å². The van der Waals surface area contributed by atoms with Crippen LogP contribution in [-0.4, -0.2) is 38.4 Å². The molecule has 1 amide bonds. The number of benzene rings is 2. The van der Waals surface area contributed by atoms with Gasteiger partial charge in [-0.05, 0) is 42.2 Å². The molecular formula is C22H27ClN2O3. The van der Waals surface area contributed by atoms with Crippen molar-refractivity contribution in [2.75, 3.05) is 27.4 Å². The van der Waals surface area contributed by atoms with Gasteiger partial charge >= 0.3 is 6.09 Å². The molecule has 2 aromatic rings. The van der Waals surface area contributed by atoms with Crippen molar-refractivity contribution in [3.8, 4) is 11.5 Å². The predicted molar refractivity (Wildman–Crippen MR) is 111 cm³/mol. The Morgan fingerprint density at radius 3 is 2.64 bits per heavy atom. The second-order valence-corrected chi connectivity index (χ2v) is 7.66.